The molecule has 1 aromatic heterocycles. The summed E-state index contributed by atoms with van der Waals surface area (Å²) < 4.78 is 0. The molecule has 0 spiro atoms. The fourth-order valence-electron chi connectivity index (χ4n) is 2.39. The van der Waals surface area contributed by atoms with Gasteiger partial charge in [0.15, 0.2) is 5.82 Å². The molecule has 0 aliphatic carbocycles. The smallest absolute Gasteiger partial charge is 0.270 e. The number of hydrogen-bond acceptors (Lipinski definition) is 5. The van der Waals surface area contributed by atoms with Gasteiger partial charge in [-0.05, 0) is 47.8 Å². The van der Waals surface area contributed by atoms with Gasteiger partial charge in [-0.3, -0.25) is 4.79 Å². The van der Waals surface area contributed by atoms with Gasteiger partial charge < -0.3 is 15.5 Å². The third-order valence-corrected chi connectivity index (χ3v) is 3.57. The summed E-state index contributed by atoms with van der Waals surface area (Å²) in [5.74, 6) is 1.01. The summed E-state index contributed by atoms with van der Waals surface area (Å²) in [5, 5.41) is 6.27. The molecular formula is C20H29N5O. The molecule has 6 nitrogen and oxygen atoms in total. The molecule has 1 aromatic carbocycles. The highest BCUT2D eigenvalue weighted by Crippen LogP contribution is 2.18. The molecule has 0 unspecified atom stereocenters. The summed E-state index contributed by atoms with van der Waals surface area (Å²) in [4.78, 5) is 23.8. The Morgan fingerprint density at radius 3 is 2.42 bits per heavy atom. The van der Waals surface area contributed by atoms with E-state index in [4.69, 9.17) is 0 Å². The van der Waals surface area contributed by atoms with E-state index in [1.165, 1.54) is 0 Å². The first-order valence-electron chi connectivity index (χ1n) is 8.90. The van der Waals surface area contributed by atoms with Crippen LogP contribution in [0.1, 0.15) is 37.7 Å². The standard InChI is InChI=1S/C20H29N5O/c1-20(2,3)24-19(26)16-14-17(21-12-9-13-25(4)5)23-18(22-16)15-10-7-6-8-11-15/h6-8,10-11,14H,9,12-13H2,1-5H3,(H,24,26)(H,21,22,23). The quantitative estimate of drug-likeness (QED) is 0.747. The van der Waals surface area contributed by atoms with Gasteiger partial charge in [-0.15, -0.1) is 0 Å². The van der Waals surface area contributed by atoms with Crippen molar-refractivity contribution in [1.82, 2.24) is 20.2 Å². The first-order valence-corrected chi connectivity index (χ1v) is 8.90. The van der Waals surface area contributed by atoms with Crippen LogP contribution in [0.15, 0.2) is 36.4 Å². The van der Waals surface area contributed by atoms with E-state index >= 15 is 0 Å². The van der Waals surface area contributed by atoms with Gasteiger partial charge in [0.2, 0.25) is 0 Å². The second-order valence-electron chi connectivity index (χ2n) is 7.62. The van der Waals surface area contributed by atoms with Crippen molar-refractivity contribution >= 4 is 11.7 Å². The maximum atomic E-state index is 12.6. The average Bonchev–Trinajstić information content (AvgIpc) is 2.57. The molecule has 1 heterocycles. The summed E-state index contributed by atoms with van der Waals surface area (Å²) in [6.45, 7) is 7.62. The Balaban J connectivity index is 2.26. The normalized spacial score (nSPS) is 11.5. The van der Waals surface area contributed by atoms with Gasteiger partial charge in [-0.25, -0.2) is 9.97 Å². The number of hydrogen-bond donors (Lipinski definition) is 2. The molecule has 0 fully saturated rings. The summed E-state index contributed by atoms with van der Waals surface area (Å²) in [7, 11) is 4.10. The molecule has 2 N–H and O–H groups in total. The Bertz CT molecular complexity index is 723. The fourth-order valence-corrected chi connectivity index (χ4v) is 2.39. The topological polar surface area (TPSA) is 70.2 Å². The van der Waals surface area contributed by atoms with Crippen LogP contribution < -0.4 is 10.6 Å². The lowest BCUT2D eigenvalue weighted by molar-refractivity contribution is 0.0914. The molecule has 1 amide bonds. The van der Waals surface area contributed by atoms with Crippen molar-refractivity contribution < 1.29 is 4.79 Å². The number of aromatic nitrogens is 2. The Morgan fingerprint density at radius 2 is 1.81 bits per heavy atom. The third-order valence-electron chi connectivity index (χ3n) is 3.57. The van der Waals surface area contributed by atoms with Gasteiger partial charge in [-0.2, -0.15) is 0 Å². The predicted molar refractivity (Wildman–Crippen MR) is 106 cm³/mol. The lowest BCUT2D eigenvalue weighted by Crippen LogP contribution is -2.41. The first kappa shape index (κ1) is 19.8. The zero-order valence-corrected chi connectivity index (χ0v) is 16.3. The molecule has 0 aliphatic rings. The maximum absolute atomic E-state index is 12.6. The number of benzene rings is 1. The van der Waals surface area contributed by atoms with Crippen LogP contribution >= 0.6 is 0 Å². The molecule has 140 valence electrons. The SMILES string of the molecule is CN(C)CCCNc1cc(C(=O)NC(C)(C)C)nc(-c2ccccc2)n1. The van der Waals surface area contributed by atoms with E-state index in [-0.39, 0.29) is 11.4 Å². The number of nitrogens with zero attached hydrogens (tertiary/aromatic N) is 3. The molecule has 26 heavy (non-hydrogen) atoms. The molecule has 0 saturated heterocycles. The van der Waals surface area contributed by atoms with Crippen molar-refractivity contribution in [3.05, 3.63) is 42.1 Å². The summed E-state index contributed by atoms with van der Waals surface area (Å²) in [6, 6.07) is 11.4. The lowest BCUT2D eigenvalue weighted by Gasteiger charge is -2.20. The number of amides is 1. The zero-order chi connectivity index (χ0) is 19.2. The summed E-state index contributed by atoms with van der Waals surface area (Å²) >= 11 is 0. The number of carbonyl (C=O) groups excluding carboxylic acids is 1. The fraction of sp³-hybridized carbons (Fsp3) is 0.450. The van der Waals surface area contributed by atoms with Crippen LogP contribution in [0.25, 0.3) is 11.4 Å². The van der Waals surface area contributed by atoms with E-state index in [2.05, 4.69) is 25.5 Å². The molecule has 2 aromatic rings. The Morgan fingerprint density at radius 1 is 1.12 bits per heavy atom. The maximum Gasteiger partial charge on any atom is 0.270 e. The Kier molecular flexibility index (Phi) is 6.69. The monoisotopic (exact) mass is 355 g/mol. The van der Waals surface area contributed by atoms with Crippen LogP contribution in [0.5, 0.6) is 0 Å². The first-order chi connectivity index (χ1) is 12.2. The van der Waals surface area contributed by atoms with Gasteiger partial charge >= 0.3 is 0 Å². The molecule has 0 saturated carbocycles. The number of carbonyl (C=O) groups is 1. The molecular weight excluding hydrogens is 326 g/mol. The van der Waals surface area contributed by atoms with Crippen molar-refractivity contribution in [3.63, 3.8) is 0 Å². The van der Waals surface area contributed by atoms with Gasteiger partial charge in [0.1, 0.15) is 11.5 Å². The highest BCUT2D eigenvalue weighted by molar-refractivity contribution is 5.93. The highest BCUT2D eigenvalue weighted by Gasteiger charge is 2.18. The molecule has 0 bridgehead atoms. The second kappa shape index (κ2) is 8.76. The molecule has 6 heteroatoms. The summed E-state index contributed by atoms with van der Waals surface area (Å²) in [5.41, 5.74) is 0.923. The van der Waals surface area contributed by atoms with Crippen molar-refractivity contribution in [1.29, 1.82) is 0 Å². The average molecular weight is 355 g/mol. The molecule has 0 aliphatic heterocycles. The largest absolute Gasteiger partial charge is 0.370 e. The van der Waals surface area contributed by atoms with Crippen LogP contribution in [0.3, 0.4) is 0 Å². The van der Waals surface area contributed by atoms with E-state index in [1.54, 1.807) is 6.07 Å². The van der Waals surface area contributed by atoms with Crippen molar-refractivity contribution in [3.8, 4) is 11.4 Å². The Hall–Kier alpha value is -2.47. The van der Waals surface area contributed by atoms with Gasteiger partial charge in [0, 0.05) is 23.7 Å². The van der Waals surface area contributed by atoms with Gasteiger partial charge in [0.25, 0.3) is 5.91 Å². The molecule has 0 atom stereocenters. The minimum Gasteiger partial charge on any atom is -0.370 e. The third kappa shape index (κ3) is 6.44. The number of nitrogens with one attached hydrogen (secondary N) is 2. The zero-order valence-electron chi connectivity index (χ0n) is 16.3. The van der Waals surface area contributed by atoms with E-state index in [1.807, 2.05) is 65.2 Å². The van der Waals surface area contributed by atoms with E-state index in [0.29, 0.717) is 17.3 Å². The van der Waals surface area contributed by atoms with E-state index in [0.717, 1.165) is 25.1 Å². The molecule has 0 radical (unpaired) electrons. The van der Waals surface area contributed by atoms with E-state index < -0.39 is 0 Å². The van der Waals surface area contributed by atoms with Crippen LogP contribution in [0.2, 0.25) is 0 Å². The minimum absolute atomic E-state index is 0.201. The number of rotatable bonds is 7. The Labute approximate surface area is 156 Å². The van der Waals surface area contributed by atoms with Gasteiger partial charge in [-0.1, -0.05) is 30.3 Å². The van der Waals surface area contributed by atoms with Crippen LogP contribution in [-0.2, 0) is 0 Å². The minimum atomic E-state index is -0.325. The van der Waals surface area contributed by atoms with E-state index in [9.17, 15) is 4.79 Å². The van der Waals surface area contributed by atoms with Crippen molar-refractivity contribution in [2.24, 2.45) is 0 Å². The van der Waals surface area contributed by atoms with Gasteiger partial charge in [0.05, 0.1) is 0 Å². The number of anilines is 1. The van der Waals surface area contributed by atoms with Crippen LogP contribution in [-0.4, -0.2) is 53.5 Å². The highest BCUT2D eigenvalue weighted by atomic mass is 16.2. The van der Waals surface area contributed by atoms with Crippen LogP contribution in [0.4, 0.5) is 5.82 Å². The second-order valence-corrected chi connectivity index (χ2v) is 7.62. The van der Waals surface area contributed by atoms with Crippen LogP contribution in [0, 0.1) is 0 Å². The predicted octanol–water partition coefficient (Wildman–Crippen LogP) is 3.04. The van der Waals surface area contributed by atoms with Crippen molar-refractivity contribution in [2.75, 3.05) is 32.5 Å². The van der Waals surface area contributed by atoms with Crippen molar-refractivity contribution in [2.45, 2.75) is 32.7 Å². The lowest BCUT2D eigenvalue weighted by atomic mass is 10.1. The molecule has 2 rings (SSSR count). The summed E-state index contributed by atoms with van der Waals surface area (Å²) in [6.07, 6.45) is 0.987.